The predicted molar refractivity (Wildman–Crippen MR) is 123 cm³/mol. The third-order valence-corrected chi connectivity index (χ3v) is 3.96. The maximum Gasteiger partial charge on any atom is 0.191 e. The smallest absolute Gasteiger partial charge is 0.191 e. The molecule has 0 amide bonds. The molecule has 0 heterocycles. The standard InChI is InChI=1S/C21H29N3O2.HI/c1-17(26-20-14-8-7-13-19(20)25-3)16-24-21(22-2)23-15-9-12-18-10-5-4-6-11-18;/h4-8,10-11,13-14,17H,9,12,15-16H2,1-3H3,(H2,22,23,24);1H. The highest BCUT2D eigenvalue weighted by Crippen LogP contribution is 2.26. The second-order valence-electron chi connectivity index (χ2n) is 6.05. The number of guanidine groups is 1. The average molecular weight is 483 g/mol. The van der Waals surface area contributed by atoms with Crippen LogP contribution in [0.4, 0.5) is 0 Å². The van der Waals surface area contributed by atoms with Gasteiger partial charge in [0.05, 0.1) is 13.7 Å². The molecule has 0 aliphatic heterocycles. The Kier molecular flexibility index (Phi) is 11.3. The summed E-state index contributed by atoms with van der Waals surface area (Å²) in [5.74, 6) is 2.27. The molecule has 2 aromatic rings. The summed E-state index contributed by atoms with van der Waals surface area (Å²) < 4.78 is 11.3. The van der Waals surface area contributed by atoms with E-state index in [1.54, 1.807) is 14.2 Å². The molecule has 2 N–H and O–H groups in total. The highest BCUT2D eigenvalue weighted by atomic mass is 127. The van der Waals surface area contributed by atoms with Crippen LogP contribution in [0.3, 0.4) is 0 Å². The van der Waals surface area contributed by atoms with Crippen molar-refractivity contribution in [1.29, 1.82) is 0 Å². The molecule has 0 fully saturated rings. The number of hydrogen-bond donors (Lipinski definition) is 2. The maximum absolute atomic E-state index is 5.94. The van der Waals surface area contributed by atoms with Gasteiger partial charge in [-0.3, -0.25) is 4.99 Å². The lowest BCUT2D eigenvalue weighted by molar-refractivity contribution is 0.213. The van der Waals surface area contributed by atoms with E-state index < -0.39 is 0 Å². The van der Waals surface area contributed by atoms with E-state index in [1.165, 1.54) is 5.56 Å². The normalized spacial score (nSPS) is 11.9. The lowest BCUT2D eigenvalue weighted by Crippen LogP contribution is -2.42. The van der Waals surface area contributed by atoms with Crippen molar-refractivity contribution in [3.63, 3.8) is 0 Å². The van der Waals surface area contributed by atoms with Crippen LogP contribution in [0.5, 0.6) is 11.5 Å². The Morgan fingerprint density at radius 3 is 2.33 bits per heavy atom. The number of rotatable bonds is 9. The first-order chi connectivity index (χ1) is 12.7. The van der Waals surface area contributed by atoms with Crippen molar-refractivity contribution < 1.29 is 9.47 Å². The molecule has 2 aromatic carbocycles. The van der Waals surface area contributed by atoms with E-state index in [0.717, 1.165) is 36.8 Å². The topological polar surface area (TPSA) is 54.9 Å². The van der Waals surface area contributed by atoms with Crippen molar-refractivity contribution in [3.05, 3.63) is 60.2 Å². The molecule has 0 aliphatic rings. The molecule has 0 radical (unpaired) electrons. The third-order valence-electron chi connectivity index (χ3n) is 3.96. The monoisotopic (exact) mass is 483 g/mol. The third kappa shape index (κ3) is 8.51. The van der Waals surface area contributed by atoms with Gasteiger partial charge in [-0.2, -0.15) is 0 Å². The van der Waals surface area contributed by atoms with Crippen molar-refractivity contribution >= 4 is 29.9 Å². The van der Waals surface area contributed by atoms with E-state index in [9.17, 15) is 0 Å². The number of nitrogens with zero attached hydrogens (tertiary/aromatic N) is 1. The van der Waals surface area contributed by atoms with Crippen molar-refractivity contribution in [3.8, 4) is 11.5 Å². The molecule has 0 saturated heterocycles. The molecular formula is C21H30IN3O2. The molecule has 148 valence electrons. The van der Waals surface area contributed by atoms with Crippen LogP contribution in [0.1, 0.15) is 18.9 Å². The molecule has 0 aromatic heterocycles. The van der Waals surface area contributed by atoms with Crippen molar-refractivity contribution in [2.45, 2.75) is 25.9 Å². The number of hydrogen-bond acceptors (Lipinski definition) is 3. The van der Waals surface area contributed by atoms with Crippen molar-refractivity contribution in [2.75, 3.05) is 27.2 Å². The number of para-hydroxylation sites is 2. The van der Waals surface area contributed by atoms with Gasteiger partial charge in [-0.15, -0.1) is 24.0 Å². The van der Waals surface area contributed by atoms with E-state index in [-0.39, 0.29) is 30.1 Å². The Labute approximate surface area is 179 Å². The van der Waals surface area contributed by atoms with E-state index in [2.05, 4.69) is 39.9 Å². The molecule has 27 heavy (non-hydrogen) atoms. The van der Waals surface area contributed by atoms with Gasteiger partial charge in [0.25, 0.3) is 0 Å². The van der Waals surface area contributed by atoms with Crippen LogP contribution >= 0.6 is 24.0 Å². The molecule has 1 unspecified atom stereocenters. The van der Waals surface area contributed by atoms with Gasteiger partial charge in [0.1, 0.15) is 6.10 Å². The van der Waals surface area contributed by atoms with Gasteiger partial charge in [0, 0.05) is 13.6 Å². The summed E-state index contributed by atoms with van der Waals surface area (Å²) in [4.78, 5) is 4.26. The van der Waals surface area contributed by atoms with E-state index in [1.807, 2.05) is 37.3 Å². The zero-order chi connectivity index (χ0) is 18.6. The van der Waals surface area contributed by atoms with Crippen LogP contribution < -0.4 is 20.1 Å². The maximum atomic E-state index is 5.94. The largest absolute Gasteiger partial charge is 0.493 e. The molecule has 6 heteroatoms. The zero-order valence-corrected chi connectivity index (χ0v) is 18.6. The molecule has 0 bridgehead atoms. The summed E-state index contributed by atoms with van der Waals surface area (Å²) in [6.45, 7) is 3.54. The van der Waals surface area contributed by atoms with E-state index in [4.69, 9.17) is 9.47 Å². The lowest BCUT2D eigenvalue weighted by Gasteiger charge is -2.19. The number of ether oxygens (including phenoxy) is 2. The lowest BCUT2D eigenvalue weighted by atomic mass is 10.1. The molecule has 5 nitrogen and oxygen atoms in total. The van der Waals surface area contributed by atoms with Gasteiger partial charge in [0.2, 0.25) is 0 Å². The van der Waals surface area contributed by atoms with Crippen LogP contribution in [-0.4, -0.2) is 39.3 Å². The quantitative estimate of drug-likeness (QED) is 0.246. The first-order valence-corrected chi connectivity index (χ1v) is 9.01. The van der Waals surface area contributed by atoms with Gasteiger partial charge >= 0.3 is 0 Å². The van der Waals surface area contributed by atoms with Crippen molar-refractivity contribution in [2.24, 2.45) is 4.99 Å². The molecule has 0 saturated carbocycles. The molecule has 0 spiro atoms. The number of nitrogens with one attached hydrogen (secondary N) is 2. The summed E-state index contributed by atoms with van der Waals surface area (Å²) in [5.41, 5.74) is 1.36. The van der Waals surface area contributed by atoms with Crippen LogP contribution in [0, 0.1) is 0 Å². The van der Waals surface area contributed by atoms with Crippen LogP contribution in [0.25, 0.3) is 0 Å². The number of benzene rings is 2. The van der Waals surface area contributed by atoms with Gasteiger partial charge in [0.15, 0.2) is 17.5 Å². The highest BCUT2D eigenvalue weighted by molar-refractivity contribution is 14.0. The summed E-state index contributed by atoms with van der Waals surface area (Å²) in [5, 5.41) is 6.64. The van der Waals surface area contributed by atoms with Crippen molar-refractivity contribution in [1.82, 2.24) is 10.6 Å². The fraction of sp³-hybridized carbons (Fsp3) is 0.381. The second kappa shape index (κ2) is 13.2. The Balaban J connectivity index is 0.00000364. The predicted octanol–water partition coefficient (Wildman–Crippen LogP) is 3.88. The SMILES string of the molecule is CN=C(NCCCc1ccccc1)NCC(C)Oc1ccccc1OC.I. The Bertz CT molecular complexity index is 680. The minimum absolute atomic E-state index is 0. The Morgan fingerprint density at radius 2 is 1.67 bits per heavy atom. The van der Waals surface area contributed by atoms with Gasteiger partial charge in [-0.25, -0.2) is 0 Å². The van der Waals surface area contributed by atoms with Gasteiger partial charge in [-0.1, -0.05) is 42.5 Å². The number of aliphatic imine (C=N–C) groups is 1. The highest BCUT2D eigenvalue weighted by Gasteiger charge is 2.09. The minimum Gasteiger partial charge on any atom is -0.493 e. The first kappa shape index (κ1) is 23.1. The Morgan fingerprint density at radius 1 is 1.00 bits per heavy atom. The fourth-order valence-electron chi connectivity index (χ4n) is 2.58. The van der Waals surface area contributed by atoms with E-state index >= 15 is 0 Å². The van der Waals surface area contributed by atoms with Crippen LogP contribution in [-0.2, 0) is 6.42 Å². The first-order valence-electron chi connectivity index (χ1n) is 9.01. The molecule has 1 atom stereocenters. The summed E-state index contributed by atoms with van der Waals surface area (Å²) in [7, 11) is 3.42. The van der Waals surface area contributed by atoms with Crippen LogP contribution in [0.15, 0.2) is 59.6 Å². The average Bonchev–Trinajstić information content (AvgIpc) is 2.68. The summed E-state index contributed by atoms with van der Waals surface area (Å²) in [6.07, 6.45) is 2.09. The number of halogens is 1. The summed E-state index contributed by atoms with van der Waals surface area (Å²) >= 11 is 0. The fourth-order valence-corrected chi connectivity index (χ4v) is 2.58. The molecule has 0 aliphatic carbocycles. The summed E-state index contributed by atoms with van der Waals surface area (Å²) in [6, 6.07) is 18.2. The number of methoxy groups -OCH3 is 1. The van der Waals surface area contributed by atoms with Gasteiger partial charge in [-0.05, 0) is 37.5 Å². The van der Waals surface area contributed by atoms with E-state index in [0.29, 0.717) is 6.54 Å². The zero-order valence-electron chi connectivity index (χ0n) is 16.3. The second-order valence-corrected chi connectivity index (χ2v) is 6.05. The van der Waals surface area contributed by atoms with Crippen LogP contribution in [0.2, 0.25) is 0 Å². The number of aryl methyl sites for hydroxylation is 1. The molecule has 2 rings (SSSR count). The molecular weight excluding hydrogens is 453 g/mol. The minimum atomic E-state index is -0.0193. The Hall–Kier alpha value is -1.96. The van der Waals surface area contributed by atoms with Gasteiger partial charge < -0.3 is 20.1 Å².